The van der Waals surface area contributed by atoms with Gasteiger partial charge in [-0.25, -0.2) is 9.67 Å². The van der Waals surface area contributed by atoms with Gasteiger partial charge in [0.2, 0.25) is 0 Å². The van der Waals surface area contributed by atoms with Crippen molar-refractivity contribution in [1.82, 2.24) is 14.8 Å². The van der Waals surface area contributed by atoms with Crippen molar-refractivity contribution in [3.8, 4) is 11.8 Å². The fourth-order valence-electron chi connectivity index (χ4n) is 2.61. The van der Waals surface area contributed by atoms with E-state index in [1.54, 1.807) is 13.8 Å². The number of halogens is 4. The van der Waals surface area contributed by atoms with Gasteiger partial charge < -0.3 is 5.32 Å². The number of benzene rings is 1. The monoisotopic (exact) mass is 419 g/mol. The molecule has 1 amide bonds. The first-order valence-electron chi connectivity index (χ1n) is 8.23. The van der Waals surface area contributed by atoms with Gasteiger partial charge in [-0.05, 0) is 44.2 Å². The third-order valence-corrected chi connectivity index (χ3v) is 4.33. The van der Waals surface area contributed by atoms with Crippen LogP contribution < -0.4 is 5.32 Å². The van der Waals surface area contributed by atoms with Crippen molar-refractivity contribution in [3.05, 3.63) is 69.6 Å². The molecule has 0 aliphatic rings. The van der Waals surface area contributed by atoms with Gasteiger partial charge in [0.1, 0.15) is 17.6 Å². The lowest BCUT2D eigenvalue weighted by Crippen LogP contribution is -2.17. The van der Waals surface area contributed by atoms with Crippen LogP contribution in [-0.2, 0) is 6.18 Å². The molecule has 29 heavy (non-hydrogen) atoms. The Morgan fingerprint density at radius 3 is 2.55 bits per heavy atom. The summed E-state index contributed by atoms with van der Waals surface area (Å²) in [5.41, 5.74) is 0.282. The Morgan fingerprint density at radius 2 is 1.93 bits per heavy atom. The normalized spacial score (nSPS) is 11.2. The quantitative estimate of drug-likeness (QED) is 0.668. The van der Waals surface area contributed by atoms with Gasteiger partial charge in [0.05, 0.1) is 33.2 Å². The number of hydrogen-bond acceptors (Lipinski definition) is 4. The maximum Gasteiger partial charge on any atom is 0.416 e. The molecule has 3 rings (SSSR count). The summed E-state index contributed by atoms with van der Waals surface area (Å²) in [7, 11) is 0. The third kappa shape index (κ3) is 4.22. The smallest absolute Gasteiger partial charge is 0.305 e. The Bertz CT molecular complexity index is 1150. The van der Waals surface area contributed by atoms with Gasteiger partial charge >= 0.3 is 6.18 Å². The number of alkyl halides is 3. The van der Waals surface area contributed by atoms with E-state index in [0.717, 1.165) is 22.9 Å². The summed E-state index contributed by atoms with van der Waals surface area (Å²) in [6.07, 6.45) is -4.56. The van der Waals surface area contributed by atoms with Crippen molar-refractivity contribution < 1.29 is 18.0 Å². The van der Waals surface area contributed by atoms with Gasteiger partial charge in [0.15, 0.2) is 0 Å². The van der Waals surface area contributed by atoms with E-state index in [9.17, 15) is 18.0 Å². The van der Waals surface area contributed by atoms with E-state index in [4.69, 9.17) is 16.9 Å². The van der Waals surface area contributed by atoms with Crippen LogP contribution in [0, 0.1) is 25.2 Å². The van der Waals surface area contributed by atoms with Crippen molar-refractivity contribution in [1.29, 1.82) is 5.26 Å². The molecule has 0 spiro atoms. The zero-order chi connectivity index (χ0) is 21.3. The van der Waals surface area contributed by atoms with Crippen LogP contribution in [0.5, 0.6) is 0 Å². The molecule has 0 fully saturated rings. The zero-order valence-corrected chi connectivity index (χ0v) is 15.9. The van der Waals surface area contributed by atoms with Gasteiger partial charge in [0, 0.05) is 6.07 Å². The molecule has 0 saturated carbocycles. The molecule has 10 heteroatoms. The average molecular weight is 420 g/mol. The Kier molecular flexibility index (Phi) is 5.31. The number of carbonyl (C=O) groups excluding carboxylic acids is 1. The summed E-state index contributed by atoms with van der Waals surface area (Å²) in [5, 5.41) is 15.7. The first-order valence-corrected chi connectivity index (χ1v) is 8.61. The molecule has 6 nitrogen and oxygen atoms in total. The molecule has 148 valence electrons. The molecular weight excluding hydrogens is 407 g/mol. The Labute approximate surface area is 168 Å². The molecule has 0 bridgehead atoms. The summed E-state index contributed by atoms with van der Waals surface area (Å²) >= 11 is 6.09. The van der Waals surface area contributed by atoms with Gasteiger partial charge in [-0.1, -0.05) is 11.6 Å². The number of amides is 1. The van der Waals surface area contributed by atoms with E-state index in [0.29, 0.717) is 17.0 Å². The Balaban J connectivity index is 1.99. The summed E-state index contributed by atoms with van der Waals surface area (Å²) in [5.74, 6) is -0.487. The Morgan fingerprint density at radius 1 is 1.21 bits per heavy atom. The molecule has 3 aromatic rings. The maximum atomic E-state index is 13.1. The molecule has 1 N–H and O–H groups in total. The molecule has 0 atom stereocenters. The van der Waals surface area contributed by atoms with E-state index >= 15 is 0 Å². The minimum absolute atomic E-state index is 0.0314. The second-order valence-electron chi connectivity index (χ2n) is 6.14. The first-order chi connectivity index (χ1) is 13.6. The van der Waals surface area contributed by atoms with Crippen LogP contribution in [0.25, 0.3) is 5.69 Å². The lowest BCUT2D eigenvalue weighted by atomic mass is 10.2. The number of rotatable bonds is 3. The number of nitrogens with zero attached hydrogens (tertiary/aromatic N) is 4. The number of anilines is 1. The fourth-order valence-corrected chi connectivity index (χ4v) is 2.81. The highest BCUT2D eigenvalue weighted by atomic mass is 35.5. The number of nitrogens with one attached hydrogen (secondary N) is 1. The summed E-state index contributed by atoms with van der Waals surface area (Å²) in [6, 6.07) is 9.13. The minimum Gasteiger partial charge on any atom is -0.305 e. The van der Waals surface area contributed by atoms with E-state index in [1.807, 2.05) is 6.07 Å². The average Bonchev–Trinajstić information content (AvgIpc) is 3.00. The highest BCUT2D eigenvalue weighted by Crippen LogP contribution is 2.34. The molecule has 0 aliphatic heterocycles. The predicted molar refractivity (Wildman–Crippen MR) is 100.0 cm³/mol. The molecular formula is C19H13ClF3N5O. The van der Waals surface area contributed by atoms with Crippen LogP contribution in [-0.4, -0.2) is 20.7 Å². The third-order valence-electron chi connectivity index (χ3n) is 4.01. The second-order valence-corrected chi connectivity index (χ2v) is 6.55. The summed E-state index contributed by atoms with van der Waals surface area (Å²) < 4.78 is 40.4. The van der Waals surface area contributed by atoms with Crippen molar-refractivity contribution in [2.75, 3.05) is 5.32 Å². The maximum absolute atomic E-state index is 13.1. The van der Waals surface area contributed by atoms with Crippen LogP contribution in [0.4, 0.5) is 19.0 Å². The van der Waals surface area contributed by atoms with E-state index < -0.39 is 17.6 Å². The zero-order valence-electron chi connectivity index (χ0n) is 15.2. The summed E-state index contributed by atoms with van der Waals surface area (Å²) in [4.78, 5) is 16.6. The molecule has 0 unspecified atom stereocenters. The van der Waals surface area contributed by atoms with Crippen LogP contribution in [0.3, 0.4) is 0 Å². The minimum atomic E-state index is -4.56. The lowest BCUT2D eigenvalue weighted by molar-refractivity contribution is -0.137. The van der Waals surface area contributed by atoms with Crippen LogP contribution in [0.1, 0.15) is 33.0 Å². The van der Waals surface area contributed by atoms with Crippen molar-refractivity contribution in [2.45, 2.75) is 20.0 Å². The van der Waals surface area contributed by atoms with Crippen LogP contribution >= 0.6 is 11.6 Å². The molecule has 0 radical (unpaired) electrons. The standard InChI is InChI=1S/C19H13ClF3N5O/c1-10-7-17(26-18(29)15-6-3-12(9-24)11(2)25-15)28(27-10)16-8-13(19(21,22)23)4-5-14(16)20/h3-8H,1-2H3,(H,26,29). The number of aromatic nitrogens is 3. The SMILES string of the molecule is Cc1cc(NC(=O)c2ccc(C#N)c(C)n2)n(-c2cc(C(F)(F)F)ccc2Cl)n1. The van der Waals surface area contributed by atoms with Gasteiger partial charge in [-0.15, -0.1) is 0 Å². The second kappa shape index (κ2) is 7.56. The highest BCUT2D eigenvalue weighted by Gasteiger charge is 2.31. The molecule has 0 saturated heterocycles. The number of aryl methyl sites for hydroxylation is 2. The van der Waals surface area contributed by atoms with Crippen molar-refractivity contribution in [3.63, 3.8) is 0 Å². The highest BCUT2D eigenvalue weighted by molar-refractivity contribution is 6.32. The van der Waals surface area contributed by atoms with Gasteiger partial charge in [-0.3, -0.25) is 4.79 Å². The molecule has 2 aromatic heterocycles. The van der Waals surface area contributed by atoms with Crippen LogP contribution in [0.15, 0.2) is 36.4 Å². The largest absolute Gasteiger partial charge is 0.416 e. The lowest BCUT2D eigenvalue weighted by Gasteiger charge is -2.13. The van der Waals surface area contributed by atoms with E-state index in [-0.39, 0.29) is 22.2 Å². The van der Waals surface area contributed by atoms with Crippen molar-refractivity contribution >= 4 is 23.3 Å². The van der Waals surface area contributed by atoms with Crippen LogP contribution in [0.2, 0.25) is 5.02 Å². The summed E-state index contributed by atoms with van der Waals surface area (Å²) in [6.45, 7) is 3.21. The number of nitriles is 1. The topological polar surface area (TPSA) is 83.6 Å². The van der Waals surface area contributed by atoms with E-state index in [1.165, 1.54) is 18.2 Å². The Hall–Kier alpha value is -3.38. The number of carbonyl (C=O) groups is 1. The molecule has 2 heterocycles. The predicted octanol–water partition coefficient (Wildman–Crippen LogP) is 4.68. The number of hydrogen-bond donors (Lipinski definition) is 1. The van der Waals surface area contributed by atoms with Gasteiger partial charge in [-0.2, -0.15) is 23.5 Å². The van der Waals surface area contributed by atoms with Gasteiger partial charge in [0.25, 0.3) is 5.91 Å². The molecule has 1 aromatic carbocycles. The fraction of sp³-hybridized carbons (Fsp3) is 0.158. The first kappa shape index (κ1) is 20.4. The number of pyridine rings is 1. The van der Waals surface area contributed by atoms with E-state index in [2.05, 4.69) is 15.4 Å². The van der Waals surface area contributed by atoms with Crippen molar-refractivity contribution in [2.24, 2.45) is 0 Å². The molecule has 0 aliphatic carbocycles.